The summed E-state index contributed by atoms with van der Waals surface area (Å²) >= 11 is 0. The molecule has 104 valence electrons. The summed E-state index contributed by atoms with van der Waals surface area (Å²) in [4.78, 5) is 2.35. The summed E-state index contributed by atoms with van der Waals surface area (Å²) in [7, 11) is 3.40. The Morgan fingerprint density at radius 1 is 1.16 bits per heavy atom. The fourth-order valence-corrected chi connectivity index (χ4v) is 2.44. The SMILES string of the molecule is COc1cc(N2CCCC2)c(OC)cc1/C=C/CN. The van der Waals surface area contributed by atoms with Gasteiger partial charge in [0.1, 0.15) is 11.5 Å². The first kappa shape index (κ1) is 13.7. The first-order valence-electron chi connectivity index (χ1n) is 6.67. The number of benzene rings is 1. The lowest BCUT2D eigenvalue weighted by atomic mass is 10.1. The van der Waals surface area contributed by atoms with E-state index in [2.05, 4.69) is 11.0 Å². The van der Waals surface area contributed by atoms with Gasteiger partial charge in [0, 0.05) is 31.3 Å². The Morgan fingerprint density at radius 2 is 1.84 bits per heavy atom. The molecule has 1 fully saturated rings. The van der Waals surface area contributed by atoms with Gasteiger partial charge in [-0.3, -0.25) is 0 Å². The summed E-state index contributed by atoms with van der Waals surface area (Å²) in [6, 6.07) is 4.07. The van der Waals surface area contributed by atoms with Crippen LogP contribution >= 0.6 is 0 Å². The summed E-state index contributed by atoms with van der Waals surface area (Å²) < 4.78 is 11.0. The average Bonchev–Trinajstić information content (AvgIpc) is 2.98. The monoisotopic (exact) mass is 262 g/mol. The van der Waals surface area contributed by atoms with Crippen LogP contribution in [0.15, 0.2) is 18.2 Å². The van der Waals surface area contributed by atoms with Crippen LogP contribution in [0.1, 0.15) is 18.4 Å². The normalized spacial score (nSPS) is 15.2. The second-order valence-electron chi connectivity index (χ2n) is 4.60. The first-order chi connectivity index (χ1) is 9.30. The van der Waals surface area contributed by atoms with Crippen molar-refractivity contribution in [2.24, 2.45) is 5.73 Å². The van der Waals surface area contributed by atoms with E-state index in [0.717, 1.165) is 35.8 Å². The molecule has 1 aromatic carbocycles. The number of hydrogen-bond donors (Lipinski definition) is 1. The van der Waals surface area contributed by atoms with Crippen molar-refractivity contribution in [2.45, 2.75) is 12.8 Å². The lowest BCUT2D eigenvalue weighted by Gasteiger charge is -2.22. The lowest BCUT2D eigenvalue weighted by molar-refractivity contribution is 0.402. The van der Waals surface area contributed by atoms with Gasteiger partial charge in [-0.2, -0.15) is 0 Å². The molecule has 0 radical (unpaired) electrons. The zero-order valence-corrected chi connectivity index (χ0v) is 11.7. The van der Waals surface area contributed by atoms with Gasteiger partial charge in [-0.25, -0.2) is 0 Å². The van der Waals surface area contributed by atoms with Crippen LogP contribution in [0.25, 0.3) is 6.08 Å². The summed E-state index contributed by atoms with van der Waals surface area (Å²) in [5, 5.41) is 0. The van der Waals surface area contributed by atoms with Crippen LogP contribution in [0.3, 0.4) is 0 Å². The molecule has 19 heavy (non-hydrogen) atoms. The minimum atomic E-state index is 0.513. The second-order valence-corrected chi connectivity index (χ2v) is 4.60. The van der Waals surface area contributed by atoms with Gasteiger partial charge in [-0.05, 0) is 18.9 Å². The molecule has 0 unspecified atom stereocenters. The number of nitrogens with two attached hydrogens (primary N) is 1. The molecule has 4 nitrogen and oxygen atoms in total. The number of anilines is 1. The van der Waals surface area contributed by atoms with Crippen molar-refractivity contribution in [1.82, 2.24) is 0 Å². The third kappa shape index (κ3) is 3.01. The molecule has 0 amide bonds. The van der Waals surface area contributed by atoms with Crippen LogP contribution in [0, 0.1) is 0 Å². The Hall–Kier alpha value is -1.68. The third-order valence-corrected chi connectivity index (χ3v) is 3.41. The fraction of sp³-hybridized carbons (Fsp3) is 0.467. The number of rotatable bonds is 5. The maximum Gasteiger partial charge on any atom is 0.143 e. The fourth-order valence-electron chi connectivity index (χ4n) is 2.44. The Balaban J connectivity index is 2.40. The van der Waals surface area contributed by atoms with Crippen molar-refractivity contribution in [2.75, 3.05) is 38.8 Å². The van der Waals surface area contributed by atoms with Gasteiger partial charge in [-0.15, -0.1) is 0 Å². The van der Waals surface area contributed by atoms with Crippen molar-refractivity contribution < 1.29 is 9.47 Å². The van der Waals surface area contributed by atoms with Gasteiger partial charge >= 0.3 is 0 Å². The van der Waals surface area contributed by atoms with Crippen LogP contribution in [-0.4, -0.2) is 33.9 Å². The number of methoxy groups -OCH3 is 2. The van der Waals surface area contributed by atoms with E-state index in [-0.39, 0.29) is 0 Å². The highest BCUT2D eigenvalue weighted by Crippen LogP contribution is 2.37. The zero-order chi connectivity index (χ0) is 13.7. The minimum absolute atomic E-state index is 0.513. The molecule has 0 bridgehead atoms. The Kier molecular flexibility index (Phi) is 4.68. The van der Waals surface area contributed by atoms with Crippen LogP contribution in [0.4, 0.5) is 5.69 Å². The van der Waals surface area contributed by atoms with Gasteiger partial charge in [0.2, 0.25) is 0 Å². The van der Waals surface area contributed by atoms with Crippen molar-refractivity contribution in [1.29, 1.82) is 0 Å². The van der Waals surface area contributed by atoms with E-state index in [1.54, 1.807) is 14.2 Å². The maximum atomic E-state index is 5.52. The highest BCUT2D eigenvalue weighted by molar-refractivity contribution is 5.70. The molecular formula is C15H22N2O2. The molecule has 0 aliphatic carbocycles. The van der Waals surface area contributed by atoms with E-state index in [1.807, 2.05) is 18.2 Å². The molecule has 1 aliphatic heterocycles. The molecule has 0 saturated carbocycles. The van der Waals surface area contributed by atoms with Crippen molar-refractivity contribution in [3.8, 4) is 11.5 Å². The van der Waals surface area contributed by atoms with E-state index in [0.29, 0.717) is 6.54 Å². The zero-order valence-electron chi connectivity index (χ0n) is 11.7. The second kappa shape index (κ2) is 6.48. The number of nitrogens with zero attached hydrogens (tertiary/aromatic N) is 1. The molecule has 2 N–H and O–H groups in total. The number of ether oxygens (including phenoxy) is 2. The molecule has 0 atom stereocenters. The highest BCUT2D eigenvalue weighted by atomic mass is 16.5. The lowest BCUT2D eigenvalue weighted by Crippen LogP contribution is -2.18. The summed E-state index contributed by atoms with van der Waals surface area (Å²) in [5.74, 6) is 1.74. The quantitative estimate of drug-likeness (QED) is 0.884. The summed E-state index contributed by atoms with van der Waals surface area (Å²) in [6.07, 6.45) is 6.35. The Morgan fingerprint density at radius 3 is 2.42 bits per heavy atom. The summed E-state index contributed by atoms with van der Waals surface area (Å²) in [6.45, 7) is 2.67. The predicted molar refractivity (Wildman–Crippen MR) is 79.1 cm³/mol. The summed E-state index contributed by atoms with van der Waals surface area (Å²) in [5.41, 5.74) is 7.61. The van der Waals surface area contributed by atoms with E-state index in [9.17, 15) is 0 Å². The van der Waals surface area contributed by atoms with Crippen molar-refractivity contribution in [3.05, 3.63) is 23.8 Å². The molecule has 1 heterocycles. The first-order valence-corrected chi connectivity index (χ1v) is 6.67. The largest absolute Gasteiger partial charge is 0.496 e. The van der Waals surface area contributed by atoms with Gasteiger partial charge < -0.3 is 20.1 Å². The van der Waals surface area contributed by atoms with E-state index >= 15 is 0 Å². The molecule has 1 aliphatic rings. The molecule has 1 saturated heterocycles. The molecule has 1 aromatic rings. The Bertz CT molecular complexity index is 452. The van der Waals surface area contributed by atoms with Crippen LogP contribution in [0.2, 0.25) is 0 Å². The third-order valence-electron chi connectivity index (χ3n) is 3.41. The molecule has 2 rings (SSSR count). The number of hydrogen-bond acceptors (Lipinski definition) is 4. The van der Waals surface area contributed by atoms with Crippen LogP contribution in [-0.2, 0) is 0 Å². The standard InChI is InChI=1S/C15H22N2O2/c1-18-14-11-13(17-8-3-4-9-17)15(19-2)10-12(14)6-5-7-16/h5-6,10-11H,3-4,7-9,16H2,1-2H3/b6-5+. The molecule has 4 heteroatoms. The van der Waals surface area contributed by atoms with E-state index < -0.39 is 0 Å². The average molecular weight is 262 g/mol. The minimum Gasteiger partial charge on any atom is -0.496 e. The molecule has 0 spiro atoms. The predicted octanol–water partition coefficient (Wildman–Crippen LogP) is 2.28. The molecule has 0 aromatic heterocycles. The molecular weight excluding hydrogens is 240 g/mol. The smallest absolute Gasteiger partial charge is 0.143 e. The van der Waals surface area contributed by atoms with Gasteiger partial charge in [-0.1, -0.05) is 12.2 Å². The van der Waals surface area contributed by atoms with Crippen LogP contribution in [0.5, 0.6) is 11.5 Å². The van der Waals surface area contributed by atoms with Crippen molar-refractivity contribution >= 4 is 11.8 Å². The highest BCUT2D eigenvalue weighted by Gasteiger charge is 2.18. The Labute approximate surface area is 114 Å². The van der Waals surface area contributed by atoms with Crippen molar-refractivity contribution in [3.63, 3.8) is 0 Å². The van der Waals surface area contributed by atoms with Gasteiger partial charge in [0.15, 0.2) is 0 Å². The topological polar surface area (TPSA) is 47.7 Å². The van der Waals surface area contributed by atoms with Crippen LogP contribution < -0.4 is 20.1 Å². The van der Waals surface area contributed by atoms with Gasteiger partial charge in [0.25, 0.3) is 0 Å². The maximum absolute atomic E-state index is 5.52. The van der Waals surface area contributed by atoms with Gasteiger partial charge in [0.05, 0.1) is 19.9 Å². The van der Waals surface area contributed by atoms with E-state index in [4.69, 9.17) is 15.2 Å². The van der Waals surface area contributed by atoms with E-state index in [1.165, 1.54) is 12.8 Å².